The molecule has 0 fully saturated rings. The molecule has 1 aromatic rings. The monoisotopic (exact) mass is 280 g/mol. The van der Waals surface area contributed by atoms with Crippen molar-refractivity contribution in [3.8, 4) is 12.3 Å². The Morgan fingerprint density at radius 1 is 1.56 bits per heavy atom. The van der Waals surface area contributed by atoms with E-state index in [1.165, 1.54) is 5.56 Å². The van der Waals surface area contributed by atoms with Crippen LogP contribution in [0.1, 0.15) is 37.8 Å². The minimum absolute atomic E-state index is 0.350. The maximum atomic E-state index is 5.26. The zero-order valence-electron chi connectivity index (χ0n) is 9.54. The van der Waals surface area contributed by atoms with Gasteiger partial charge in [0.05, 0.1) is 0 Å². The lowest BCUT2D eigenvalue weighted by Gasteiger charge is -2.17. The van der Waals surface area contributed by atoms with Crippen molar-refractivity contribution in [3.05, 3.63) is 28.5 Å². The molecule has 1 N–H and O–H groups in total. The van der Waals surface area contributed by atoms with Crippen LogP contribution < -0.4 is 5.32 Å². The summed E-state index contributed by atoms with van der Waals surface area (Å²) in [6, 6.07) is 2.46. The first-order chi connectivity index (χ1) is 7.77. The number of rotatable bonds is 6. The van der Waals surface area contributed by atoms with Gasteiger partial charge in [0.2, 0.25) is 0 Å². The molecule has 0 saturated heterocycles. The quantitative estimate of drug-likeness (QED) is 0.639. The molecule has 86 valence electrons. The van der Waals surface area contributed by atoms with Gasteiger partial charge in [-0.25, -0.2) is 0 Å². The van der Waals surface area contributed by atoms with Crippen LogP contribution in [0.2, 0.25) is 0 Å². The van der Waals surface area contributed by atoms with Crippen molar-refractivity contribution in [1.29, 1.82) is 0 Å². The molecule has 0 aliphatic heterocycles. The summed E-state index contributed by atoms with van der Waals surface area (Å²) in [5.74, 6) is 2.68. The topological polar surface area (TPSA) is 24.9 Å². The molecule has 16 heavy (non-hydrogen) atoms. The average molecular weight is 281 g/mol. The number of nitrogens with one attached hydrogen (secondary N) is 1. The minimum Gasteiger partial charge on any atom is -0.310 e. The van der Waals surface area contributed by atoms with Gasteiger partial charge in [-0.2, -0.15) is 0 Å². The molecule has 2 nitrogen and oxygen atoms in total. The molecule has 0 spiro atoms. The summed E-state index contributed by atoms with van der Waals surface area (Å²) >= 11 is 3.44. The highest BCUT2D eigenvalue weighted by Crippen LogP contribution is 2.21. The number of hydrogen-bond donors (Lipinski definition) is 1. The average Bonchev–Trinajstić information content (AvgIpc) is 2.28. The maximum absolute atomic E-state index is 5.26. The summed E-state index contributed by atoms with van der Waals surface area (Å²) in [5, 5.41) is 3.46. The van der Waals surface area contributed by atoms with Crippen molar-refractivity contribution in [2.75, 3.05) is 6.54 Å². The van der Waals surface area contributed by atoms with Gasteiger partial charge in [0.1, 0.15) is 0 Å². The predicted molar refractivity (Wildman–Crippen MR) is 71.0 cm³/mol. The Balaban J connectivity index is 2.65. The summed E-state index contributed by atoms with van der Waals surface area (Å²) in [5.41, 5.74) is 1.22. The standard InChI is InChI=1S/C13H17BrN2/c1-3-5-6-7-13(16-4-2)11-8-12(14)10-15-9-11/h1,8-10,13,16H,4-7H2,2H3. The summed E-state index contributed by atoms with van der Waals surface area (Å²) in [7, 11) is 0. The van der Waals surface area contributed by atoms with Crippen molar-refractivity contribution >= 4 is 15.9 Å². The molecule has 0 bridgehead atoms. The van der Waals surface area contributed by atoms with Crippen LogP contribution in [0.3, 0.4) is 0 Å². The van der Waals surface area contributed by atoms with Gasteiger partial charge in [0.25, 0.3) is 0 Å². The van der Waals surface area contributed by atoms with Gasteiger partial charge in [-0.3, -0.25) is 4.98 Å². The second kappa shape index (κ2) is 7.43. The van der Waals surface area contributed by atoms with E-state index >= 15 is 0 Å². The van der Waals surface area contributed by atoms with Crippen LogP contribution in [0.15, 0.2) is 22.9 Å². The minimum atomic E-state index is 0.350. The van der Waals surface area contributed by atoms with Crippen LogP contribution in [0.4, 0.5) is 0 Å². The molecule has 1 aromatic heterocycles. The highest BCUT2D eigenvalue weighted by molar-refractivity contribution is 9.10. The van der Waals surface area contributed by atoms with E-state index in [0.29, 0.717) is 6.04 Å². The Hall–Kier alpha value is -0.850. The van der Waals surface area contributed by atoms with Crippen LogP contribution in [0.5, 0.6) is 0 Å². The van der Waals surface area contributed by atoms with Gasteiger partial charge in [0.15, 0.2) is 0 Å². The van der Waals surface area contributed by atoms with Gasteiger partial charge in [0, 0.05) is 29.3 Å². The summed E-state index contributed by atoms with van der Waals surface area (Å²) < 4.78 is 1.02. The lowest BCUT2D eigenvalue weighted by Crippen LogP contribution is -2.21. The van der Waals surface area contributed by atoms with E-state index < -0.39 is 0 Å². The molecule has 0 aliphatic rings. The molecule has 0 saturated carbocycles. The van der Waals surface area contributed by atoms with E-state index in [9.17, 15) is 0 Å². The third-order valence-electron chi connectivity index (χ3n) is 2.39. The lowest BCUT2D eigenvalue weighted by atomic mass is 10.0. The molecule has 1 atom stereocenters. The van der Waals surface area contributed by atoms with Crippen molar-refractivity contribution in [1.82, 2.24) is 10.3 Å². The largest absolute Gasteiger partial charge is 0.310 e. The van der Waals surface area contributed by atoms with E-state index in [1.54, 1.807) is 6.20 Å². The number of aromatic nitrogens is 1. The zero-order chi connectivity index (χ0) is 11.8. The van der Waals surface area contributed by atoms with Crippen LogP contribution in [0, 0.1) is 12.3 Å². The zero-order valence-corrected chi connectivity index (χ0v) is 11.1. The van der Waals surface area contributed by atoms with Gasteiger partial charge in [-0.1, -0.05) is 6.92 Å². The molecular formula is C13H17BrN2. The van der Waals surface area contributed by atoms with E-state index in [0.717, 1.165) is 30.3 Å². The first-order valence-corrected chi connectivity index (χ1v) is 6.34. The van der Waals surface area contributed by atoms with E-state index in [4.69, 9.17) is 6.42 Å². The summed E-state index contributed by atoms with van der Waals surface area (Å²) in [4.78, 5) is 4.19. The van der Waals surface area contributed by atoms with Crippen LogP contribution >= 0.6 is 15.9 Å². The normalized spacial score (nSPS) is 12.1. The Labute approximate surface area is 106 Å². The Kier molecular flexibility index (Phi) is 6.14. The van der Waals surface area contributed by atoms with Crippen molar-refractivity contribution in [2.45, 2.75) is 32.2 Å². The number of pyridine rings is 1. The smallest absolute Gasteiger partial charge is 0.0410 e. The molecule has 0 radical (unpaired) electrons. The molecule has 0 aliphatic carbocycles. The highest BCUT2D eigenvalue weighted by atomic mass is 79.9. The fourth-order valence-electron chi connectivity index (χ4n) is 1.66. The van der Waals surface area contributed by atoms with Crippen LogP contribution in [-0.2, 0) is 0 Å². The Bertz CT molecular complexity index is 357. The Morgan fingerprint density at radius 2 is 2.38 bits per heavy atom. The van der Waals surface area contributed by atoms with E-state index in [-0.39, 0.29) is 0 Å². The van der Waals surface area contributed by atoms with Crippen molar-refractivity contribution in [2.24, 2.45) is 0 Å². The second-order valence-corrected chi connectivity index (χ2v) is 4.56. The Morgan fingerprint density at radius 3 is 3.00 bits per heavy atom. The van der Waals surface area contributed by atoms with E-state index in [2.05, 4.69) is 45.1 Å². The molecule has 3 heteroatoms. The molecule has 1 rings (SSSR count). The van der Waals surface area contributed by atoms with Crippen LogP contribution in [-0.4, -0.2) is 11.5 Å². The number of halogens is 1. The van der Waals surface area contributed by atoms with E-state index in [1.807, 2.05) is 6.20 Å². The number of unbranched alkanes of at least 4 members (excludes halogenated alkanes) is 1. The van der Waals surface area contributed by atoms with Gasteiger partial charge in [-0.05, 0) is 46.9 Å². The first-order valence-electron chi connectivity index (χ1n) is 5.55. The third kappa shape index (κ3) is 4.34. The van der Waals surface area contributed by atoms with Crippen molar-refractivity contribution in [3.63, 3.8) is 0 Å². The number of hydrogen-bond acceptors (Lipinski definition) is 2. The molecule has 0 aromatic carbocycles. The fourth-order valence-corrected chi connectivity index (χ4v) is 2.04. The van der Waals surface area contributed by atoms with Crippen LogP contribution in [0.25, 0.3) is 0 Å². The van der Waals surface area contributed by atoms with Gasteiger partial charge < -0.3 is 5.32 Å². The highest BCUT2D eigenvalue weighted by Gasteiger charge is 2.10. The van der Waals surface area contributed by atoms with Gasteiger partial charge >= 0.3 is 0 Å². The number of nitrogens with zero attached hydrogens (tertiary/aromatic N) is 1. The molecular weight excluding hydrogens is 264 g/mol. The maximum Gasteiger partial charge on any atom is 0.0410 e. The summed E-state index contributed by atoms with van der Waals surface area (Å²) in [6.45, 7) is 3.06. The van der Waals surface area contributed by atoms with Crippen molar-refractivity contribution < 1.29 is 0 Å². The predicted octanol–water partition coefficient (Wildman–Crippen LogP) is 3.30. The second-order valence-electron chi connectivity index (χ2n) is 3.64. The summed E-state index contributed by atoms with van der Waals surface area (Å²) in [6.07, 6.45) is 11.9. The molecule has 0 amide bonds. The fraction of sp³-hybridized carbons (Fsp3) is 0.462. The van der Waals surface area contributed by atoms with Gasteiger partial charge in [-0.15, -0.1) is 12.3 Å². The lowest BCUT2D eigenvalue weighted by molar-refractivity contribution is 0.500. The third-order valence-corrected chi connectivity index (χ3v) is 2.83. The SMILES string of the molecule is C#CCCCC(NCC)c1cncc(Br)c1. The first kappa shape index (κ1) is 13.2. The number of terminal acetylenes is 1. The molecule has 1 unspecified atom stereocenters. The molecule has 1 heterocycles.